The fraction of sp³-hybridized carbons (Fsp3) is 0.118. The van der Waals surface area contributed by atoms with Crippen molar-refractivity contribution in [3.05, 3.63) is 64.8 Å². The van der Waals surface area contributed by atoms with Crippen molar-refractivity contribution >= 4 is 45.6 Å². The van der Waals surface area contributed by atoms with Gasteiger partial charge in [-0.1, -0.05) is 29.8 Å². The molecule has 2 nitrogen and oxygen atoms in total. The highest BCUT2D eigenvalue weighted by Gasteiger charge is 2.19. The second-order valence-electron chi connectivity index (χ2n) is 5.05. The van der Waals surface area contributed by atoms with E-state index in [0.29, 0.717) is 0 Å². The van der Waals surface area contributed by atoms with Gasteiger partial charge in [-0.25, -0.2) is 0 Å². The van der Waals surface area contributed by atoms with Crippen LogP contribution in [0.25, 0.3) is 10.9 Å². The molecule has 0 atom stereocenters. The summed E-state index contributed by atoms with van der Waals surface area (Å²) in [5, 5.41) is 5.49. The van der Waals surface area contributed by atoms with E-state index in [2.05, 4.69) is 23.5 Å². The first kappa shape index (κ1) is 13.0. The monoisotopic (exact) mass is 312 g/mol. The SMILES string of the molecule is Clc1ccc(Nc2c3c(nc4ccccc24)CSC3)cc1. The predicted molar refractivity (Wildman–Crippen MR) is 91.5 cm³/mol. The summed E-state index contributed by atoms with van der Waals surface area (Å²) in [7, 11) is 0. The molecule has 0 fully saturated rings. The lowest BCUT2D eigenvalue weighted by molar-refractivity contribution is 1.20. The summed E-state index contributed by atoms with van der Waals surface area (Å²) in [5.41, 5.74) is 5.82. The van der Waals surface area contributed by atoms with Crippen LogP contribution in [0.3, 0.4) is 0 Å². The van der Waals surface area contributed by atoms with Crippen molar-refractivity contribution in [2.75, 3.05) is 5.32 Å². The molecular formula is C17H13ClN2S. The van der Waals surface area contributed by atoms with E-state index in [0.717, 1.165) is 27.7 Å². The molecule has 0 unspecified atom stereocenters. The van der Waals surface area contributed by atoms with Gasteiger partial charge in [-0.05, 0) is 30.3 Å². The highest BCUT2D eigenvalue weighted by molar-refractivity contribution is 7.98. The zero-order valence-corrected chi connectivity index (χ0v) is 12.8. The molecule has 0 amide bonds. The Morgan fingerprint density at radius 3 is 2.67 bits per heavy atom. The van der Waals surface area contributed by atoms with Crippen LogP contribution in [0.5, 0.6) is 0 Å². The number of hydrogen-bond acceptors (Lipinski definition) is 3. The molecular weight excluding hydrogens is 300 g/mol. The van der Waals surface area contributed by atoms with Gasteiger partial charge in [-0.2, -0.15) is 11.8 Å². The second-order valence-corrected chi connectivity index (χ2v) is 6.48. The Kier molecular flexibility index (Phi) is 3.24. The van der Waals surface area contributed by atoms with Crippen LogP contribution in [-0.2, 0) is 11.5 Å². The molecule has 2 heterocycles. The van der Waals surface area contributed by atoms with E-state index in [-0.39, 0.29) is 0 Å². The van der Waals surface area contributed by atoms with Gasteiger partial charge in [-0.15, -0.1) is 0 Å². The van der Waals surface area contributed by atoms with Crippen LogP contribution in [0.2, 0.25) is 5.02 Å². The third kappa shape index (κ3) is 2.37. The maximum atomic E-state index is 5.96. The number of para-hydroxylation sites is 1. The predicted octanol–water partition coefficient (Wildman–Crippen LogP) is 5.38. The quantitative estimate of drug-likeness (QED) is 0.687. The molecule has 0 bridgehead atoms. The van der Waals surface area contributed by atoms with E-state index in [1.807, 2.05) is 42.1 Å². The molecule has 0 aliphatic carbocycles. The minimum absolute atomic E-state index is 0.751. The molecule has 2 aromatic carbocycles. The molecule has 1 aliphatic rings. The lowest BCUT2D eigenvalue weighted by Crippen LogP contribution is -1.99. The molecule has 104 valence electrons. The molecule has 4 heteroatoms. The van der Waals surface area contributed by atoms with E-state index in [1.54, 1.807) is 0 Å². The lowest BCUT2D eigenvalue weighted by atomic mass is 10.1. The number of fused-ring (bicyclic) bond motifs is 2. The van der Waals surface area contributed by atoms with Crippen molar-refractivity contribution in [1.29, 1.82) is 0 Å². The van der Waals surface area contributed by atoms with Gasteiger partial charge < -0.3 is 5.32 Å². The number of nitrogens with one attached hydrogen (secondary N) is 1. The summed E-state index contributed by atoms with van der Waals surface area (Å²) in [4.78, 5) is 4.79. The Morgan fingerprint density at radius 2 is 1.81 bits per heavy atom. The maximum absolute atomic E-state index is 5.96. The van der Waals surface area contributed by atoms with E-state index in [9.17, 15) is 0 Å². The van der Waals surface area contributed by atoms with Crippen molar-refractivity contribution in [3.63, 3.8) is 0 Å². The highest BCUT2D eigenvalue weighted by atomic mass is 35.5. The minimum Gasteiger partial charge on any atom is -0.355 e. The number of halogens is 1. The second kappa shape index (κ2) is 5.24. The van der Waals surface area contributed by atoms with Crippen LogP contribution in [0, 0.1) is 0 Å². The van der Waals surface area contributed by atoms with Gasteiger partial charge in [0.1, 0.15) is 0 Å². The number of anilines is 2. The van der Waals surface area contributed by atoms with Crippen LogP contribution in [0.15, 0.2) is 48.5 Å². The Bertz CT molecular complexity index is 815. The van der Waals surface area contributed by atoms with Gasteiger partial charge >= 0.3 is 0 Å². The molecule has 1 aromatic heterocycles. The van der Waals surface area contributed by atoms with Crippen LogP contribution in [-0.4, -0.2) is 4.98 Å². The van der Waals surface area contributed by atoms with Crippen molar-refractivity contribution in [1.82, 2.24) is 4.98 Å². The Balaban J connectivity index is 1.88. The first-order valence-electron chi connectivity index (χ1n) is 6.82. The summed E-state index contributed by atoms with van der Waals surface area (Å²) < 4.78 is 0. The Hall–Kier alpha value is -1.71. The first-order valence-corrected chi connectivity index (χ1v) is 8.35. The molecule has 3 aromatic rings. The number of rotatable bonds is 2. The fourth-order valence-corrected chi connectivity index (χ4v) is 3.82. The van der Waals surface area contributed by atoms with Gasteiger partial charge in [0.25, 0.3) is 0 Å². The summed E-state index contributed by atoms with van der Waals surface area (Å²) in [6.07, 6.45) is 0. The molecule has 0 saturated carbocycles. The van der Waals surface area contributed by atoms with E-state index in [1.165, 1.54) is 22.3 Å². The molecule has 4 rings (SSSR count). The third-order valence-electron chi connectivity index (χ3n) is 3.68. The summed E-state index contributed by atoms with van der Waals surface area (Å²) >= 11 is 7.88. The normalized spacial score (nSPS) is 13.4. The average molecular weight is 313 g/mol. The third-order valence-corrected chi connectivity index (χ3v) is 4.90. The van der Waals surface area contributed by atoms with E-state index in [4.69, 9.17) is 16.6 Å². The number of thioether (sulfide) groups is 1. The topological polar surface area (TPSA) is 24.9 Å². The van der Waals surface area contributed by atoms with Crippen molar-refractivity contribution < 1.29 is 0 Å². The number of nitrogens with zero attached hydrogens (tertiary/aromatic N) is 1. The van der Waals surface area contributed by atoms with Crippen molar-refractivity contribution in [3.8, 4) is 0 Å². The van der Waals surface area contributed by atoms with Gasteiger partial charge in [0.05, 0.1) is 16.9 Å². The van der Waals surface area contributed by atoms with Crippen LogP contribution >= 0.6 is 23.4 Å². The number of hydrogen-bond donors (Lipinski definition) is 1. The standard InChI is InChI=1S/C17H13ClN2S/c18-11-5-7-12(8-6-11)19-17-13-3-1-2-4-15(13)20-16-10-21-9-14(16)17/h1-8H,9-10H2,(H,19,20). The van der Waals surface area contributed by atoms with Crippen LogP contribution < -0.4 is 5.32 Å². The lowest BCUT2D eigenvalue weighted by Gasteiger charge is -2.14. The molecule has 1 aliphatic heterocycles. The number of aromatic nitrogens is 1. The molecule has 0 saturated heterocycles. The maximum Gasteiger partial charge on any atom is 0.0726 e. The number of pyridine rings is 1. The highest BCUT2D eigenvalue weighted by Crippen LogP contribution is 2.39. The van der Waals surface area contributed by atoms with E-state index >= 15 is 0 Å². The van der Waals surface area contributed by atoms with Crippen LogP contribution in [0.4, 0.5) is 11.4 Å². The van der Waals surface area contributed by atoms with Crippen molar-refractivity contribution in [2.24, 2.45) is 0 Å². The van der Waals surface area contributed by atoms with E-state index < -0.39 is 0 Å². The van der Waals surface area contributed by atoms with Crippen molar-refractivity contribution in [2.45, 2.75) is 11.5 Å². The summed E-state index contributed by atoms with van der Waals surface area (Å²) in [5.74, 6) is 2.01. The summed E-state index contributed by atoms with van der Waals surface area (Å²) in [6, 6.07) is 16.1. The Morgan fingerprint density at radius 1 is 1.00 bits per heavy atom. The Labute approximate surface area is 132 Å². The van der Waals surface area contributed by atoms with Crippen LogP contribution in [0.1, 0.15) is 11.3 Å². The molecule has 21 heavy (non-hydrogen) atoms. The average Bonchev–Trinajstić information content (AvgIpc) is 2.97. The minimum atomic E-state index is 0.751. The van der Waals surface area contributed by atoms with Gasteiger partial charge in [0.15, 0.2) is 0 Å². The summed E-state index contributed by atoms with van der Waals surface area (Å²) in [6.45, 7) is 0. The van der Waals surface area contributed by atoms with Gasteiger partial charge in [-0.3, -0.25) is 4.98 Å². The zero-order chi connectivity index (χ0) is 14.2. The molecule has 0 radical (unpaired) electrons. The largest absolute Gasteiger partial charge is 0.355 e. The molecule has 1 N–H and O–H groups in total. The fourth-order valence-electron chi connectivity index (χ4n) is 2.65. The van der Waals surface area contributed by atoms with Gasteiger partial charge in [0, 0.05) is 33.2 Å². The smallest absolute Gasteiger partial charge is 0.0726 e. The van der Waals surface area contributed by atoms with Gasteiger partial charge in [0.2, 0.25) is 0 Å². The zero-order valence-electron chi connectivity index (χ0n) is 11.3. The molecule has 0 spiro atoms. The number of benzene rings is 2. The first-order chi connectivity index (χ1) is 10.3.